The van der Waals surface area contributed by atoms with Gasteiger partial charge in [-0.05, 0) is 29.9 Å². The summed E-state index contributed by atoms with van der Waals surface area (Å²) in [6.07, 6.45) is 5.99. The van der Waals surface area contributed by atoms with Crippen LogP contribution in [0.2, 0.25) is 0 Å². The molecule has 1 aromatic rings. The minimum atomic E-state index is -0.0871. The highest BCUT2D eigenvalue weighted by Gasteiger charge is 2.41. The fourth-order valence-corrected chi connectivity index (χ4v) is 3.81. The number of thiophene rings is 1. The standard InChI is InChI=1S/C12H17NOS/c13-12(5-1-2-6-12)11-9-4-8-15-10(9)3-7-14-11/h4,8,11H,1-3,5-7,13H2. The van der Waals surface area contributed by atoms with Crippen molar-refractivity contribution in [1.29, 1.82) is 0 Å². The van der Waals surface area contributed by atoms with Crippen molar-refractivity contribution in [2.24, 2.45) is 5.73 Å². The molecule has 0 saturated heterocycles. The van der Waals surface area contributed by atoms with E-state index in [-0.39, 0.29) is 11.6 Å². The van der Waals surface area contributed by atoms with E-state index in [1.54, 1.807) is 0 Å². The van der Waals surface area contributed by atoms with Gasteiger partial charge in [0.1, 0.15) is 6.10 Å². The molecule has 1 saturated carbocycles. The molecular weight excluding hydrogens is 206 g/mol. The molecule has 1 fully saturated rings. The SMILES string of the molecule is NC1(C2OCCc3sccc32)CCCC1. The predicted octanol–water partition coefficient (Wildman–Crippen LogP) is 2.63. The largest absolute Gasteiger partial charge is 0.371 e. The van der Waals surface area contributed by atoms with Crippen LogP contribution in [0.15, 0.2) is 11.4 Å². The topological polar surface area (TPSA) is 35.2 Å². The molecule has 2 aliphatic rings. The minimum absolute atomic E-state index is 0.0871. The third kappa shape index (κ3) is 1.53. The predicted molar refractivity (Wildman–Crippen MR) is 62.1 cm³/mol. The molecule has 0 aromatic carbocycles. The smallest absolute Gasteiger partial charge is 0.101 e. The summed E-state index contributed by atoms with van der Waals surface area (Å²) in [5, 5.41) is 2.17. The Balaban J connectivity index is 1.95. The number of hydrogen-bond donors (Lipinski definition) is 1. The Morgan fingerprint density at radius 1 is 1.40 bits per heavy atom. The molecule has 82 valence electrons. The van der Waals surface area contributed by atoms with Gasteiger partial charge in [0.05, 0.1) is 6.61 Å². The van der Waals surface area contributed by atoms with Crippen LogP contribution in [0.5, 0.6) is 0 Å². The van der Waals surface area contributed by atoms with E-state index in [9.17, 15) is 0 Å². The van der Waals surface area contributed by atoms with Crippen LogP contribution >= 0.6 is 11.3 Å². The van der Waals surface area contributed by atoms with E-state index in [1.165, 1.54) is 23.3 Å². The molecule has 0 radical (unpaired) electrons. The van der Waals surface area contributed by atoms with E-state index in [2.05, 4.69) is 11.4 Å². The molecule has 1 aliphatic heterocycles. The lowest BCUT2D eigenvalue weighted by Gasteiger charge is -2.36. The van der Waals surface area contributed by atoms with Crippen molar-refractivity contribution in [3.8, 4) is 0 Å². The molecule has 1 unspecified atom stereocenters. The van der Waals surface area contributed by atoms with Gasteiger partial charge < -0.3 is 10.5 Å². The summed E-state index contributed by atoms with van der Waals surface area (Å²) in [4.78, 5) is 1.49. The molecule has 1 aliphatic carbocycles. The number of ether oxygens (including phenoxy) is 1. The van der Waals surface area contributed by atoms with E-state index in [4.69, 9.17) is 10.5 Å². The van der Waals surface area contributed by atoms with Crippen LogP contribution in [-0.2, 0) is 11.2 Å². The third-order valence-electron chi connectivity index (χ3n) is 3.73. The lowest BCUT2D eigenvalue weighted by atomic mass is 9.85. The van der Waals surface area contributed by atoms with Crippen LogP contribution in [-0.4, -0.2) is 12.1 Å². The second-order valence-corrected chi connectivity index (χ2v) is 5.74. The van der Waals surface area contributed by atoms with E-state index < -0.39 is 0 Å². The van der Waals surface area contributed by atoms with Gasteiger partial charge in [-0.1, -0.05) is 12.8 Å². The molecule has 1 atom stereocenters. The summed E-state index contributed by atoms with van der Waals surface area (Å²) in [6, 6.07) is 2.21. The lowest BCUT2D eigenvalue weighted by Crippen LogP contribution is -2.45. The second kappa shape index (κ2) is 3.58. The zero-order valence-electron chi connectivity index (χ0n) is 8.87. The molecule has 2 heterocycles. The van der Waals surface area contributed by atoms with Gasteiger partial charge >= 0.3 is 0 Å². The summed E-state index contributed by atoms with van der Waals surface area (Å²) in [6.45, 7) is 0.844. The maximum Gasteiger partial charge on any atom is 0.101 e. The van der Waals surface area contributed by atoms with Crippen LogP contribution < -0.4 is 5.73 Å². The van der Waals surface area contributed by atoms with Crippen molar-refractivity contribution in [3.63, 3.8) is 0 Å². The molecule has 3 heteroatoms. The molecular formula is C12H17NOS. The highest BCUT2D eigenvalue weighted by atomic mass is 32.1. The summed E-state index contributed by atoms with van der Waals surface area (Å²) in [7, 11) is 0. The molecule has 2 N–H and O–H groups in total. The number of nitrogens with two attached hydrogens (primary N) is 1. The average molecular weight is 223 g/mol. The van der Waals surface area contributed by atoms with Crippen molar-refractivity contribution < 1.29 is 4.74 Å². The Morgan fingerprint density at radius 3 is 3.00 bits per heavy atom. The van der Waals surface area contributed by atoms with Crippen molar-refractivity contribution in [2.75, 3.05) is 6.61 Å². The van der Waals surface area contributed by atoms with Crippen LogP contribution in [0.25, 0.3) is 0 Å². The molecule has 0 bridgehead atoms. The van der Waals surface area contributed by atoms with E-state index in [0.717, 1.165) is 25.9 Å². The van der Waals surface area contributed by atoms with Crippen molar-refractivity contribution in [1.82, 2.24) is 0 Å². The van der Waals surface area contributed by atoms with Crippen LogP contribution in [0.3, 0.4) is 0 Å². The summed E-state index contributed by atoms with van der Waals surface area (Å²) in [5.74, 6) is 0. The van der Waals surface area contributed by atoms with Gasteiger partial charge in [0.15, 0.2) is 0 Å². The maximum absolute atomic E-state index is 6.49. The Labute approximate surface area is 94.4 Å². The Morgan fingerprint density at radius 2 is 2.20 bits per heavy atom. The van der Waals surface area contributed by atoms with Gasteiger partial charge in [-0.3, -0.25) is 0 Å². The summed E-state index contributed by atoms with van der Waals surface area (Å²) in [5.41, 5.74) is 7.77. The molecule has 0 amide bonds. The molecule has 3 rings (SSSR count). The first kappa shape index (κ1) is 9.82. The van der Waals surface area contributed by atoms with Gasteiger partial charge in [0.25, 0.3) is 0 Å². The van der Waals surface area contributed by atoms with Crippen molar-refractivity contribution in [3.05, 3.63) is 21.9 Å². The molecule has 2 nitrogen and oxygen atoms in total. The van der Waals surface area contributed by atoms with E-state index in [0.29, 0.717) is 0 Å². The quantitative estimate of drug-likeness (QED) is 0.794. The lowest BCUT2D eigenvalue weighted by molar-refractivity contribution is -0.00963. The maximum atomic E-state index is 6.49. The highest BCUT2D eigenvalue weighted by Crippen LogP contribution is 2.44. The van der Waals surface area contributed by atoms with Gasteiger partial charge in [-0.25, -0.2) is 0 Å². The van der Waals surface area contributed by atoms with Gasteiger partial charge in [-0.15, -0.1) is 11.3 Å². The van der Waals surface area contributed by atoms with E-state index >= 15 is 0 Å². The van der Waals surface area contributed by atoms with Gasteiger partial charge in [0.2, 0.25) is 0 Å². The highest BCUT2D eigenvalue weighted by molar-refractivity contribution is 7.10. The zero-order chi connectivity index (χ0) is 10.3. The third-order valence-corrected chi connectivity index (χ3v) is 4.73. The number of hydrogen-bond acceptors (Lipinski definition) is 3. The minimum Gasteiger partial charge on any atom is -0.371 e. The first-order valence-corrected chi connectivity index (χ1v) is 6.64. The van der Waals surface area contributed by atoms with Crippen LogP contribution in [0.1, 0.15) is 42.2 Å². The van der Waals surface area contributed by atoms with Crippen molar-refractivity contribution in [2.45, 2.75) is 43.7 Å². The summed E-state index contributed by atoms with van der Waals surface area (Å²) >= 11 is 1.85. The number of rotatable bonds is 1. The van der Waals surface area contributed by atoms with E-state index in [1.807, 2.05) is 11.3 Å². The normalized spacial score (nSPS) is 29.0. The van der Waals surface area contributed by atoms with Crippen LogP contribution in [0.4, 0.5) is 0 Å². The second-order valence-electron chi connectivity index (χ2n) is 4.74. The monoisotopic (exact) mass is 223 g/mol. The molecule has 1 aromatic heterocycles. The van der Waals surface area contributed by atoms with Gasteiger partial charge in [0, 0.05) is 16.8 Å². The Kier molecular flexibility index (Phi) is 2.34. The molecule has 0 spiro atoms. The first-order valence-electron chi connectivity index (χ1n) is 5.76. The van der Waals surface area contributed by atoms with Crippen LogP contribution in [0, 0.1) is 0 Å². The summed E-state index contributed by atoms with van der Waals surface area (Å²) < 4.78 is 5.93. The average Bonchev–Trinajstić information content (AvgIpc) is 2.85. The Hall–Kier alpha value is -0.380. The molecule has 15 heavy (non-hydrogen) atoms. The van der Waals surface area contributed by atoms with Gasteiger partial charge in [-0.2, -0.15) is 0 Å². The van der Waals surface area contributed by atoms with Crippen molar-refractivity contribution >= 4 is 11.3 Å². The fourth-order valence-electron chi connectivity index (χ4n) is 2.92. The number of fused-ring (bicyclic) bond motifs is 1. The zero-order valence-corrected chi connectivity index (χ0v) is 9.69. The Bertz CT molecular complexity index is 354. The fraction of sp³-hybridized carbons (Fsp3) is 0.667. The first-order chi connectivity index (χ1) is 7.30.